The number of fused-ring (bicyclic) bond motifs is 1. The van der Waals surface area contributed by atoms with Crippen molar-refractivity contribution in [2.75, 3.05) is 18.9 Å². The van der Waals surface area contributed by atoms with Gasteiger partial charge in [0, 0.05) is 5.02 Å². The van der Waals surface area contributed by atoms with Crippen molar-refractivity contribution in [3.63, 3.8) is 0 Å². The van der Waals surface area contributed by atoms with Gasteiger partial charge in [-0.15, -0.1) is 0 Å². The molecule has 0 aliphatic heterocycles. The zero-order chi connectivity index (χ0) is 18.7. The molecule has 3 aromatic rings. The van der Waals surface area contributed by atoms with Crippen LogP contribution in [-0.2, 0) is 11.3 Å². The maximum absolute atomic E-state index is 12.2. The molecule has 1 atom stereocenters. The van der Waals surface area contributed by atoms with Gasteiger partial charge in [0.25, 0.3) is 11.5 Å². The Hall–Kier alpha value is -2.41. The average molecular weight is 392 g/mol. The number of carbonyl (C=O) groups is 1. The molecule has 0 spiro atoms. The van der Waals surface area contributed by atoms with Crippen molar-refractivity contribution in [3.05, 3.63) is 68.7 Å². The monoisotopic (exact) mass is 391 g/mol. The molecule has 3 rings (SSSR count). The second-order valence-electron chi connectivity index (χ2n) is 6.01. The summed E-state index contributed by atoms with van der Waals surface area (Å²) in [5.41, 5.74) is 0.957. The van der Waals surface area contributed by atoms with Crippen molar-refractivity contribution >= 4 is 45.7 Å². The van der Waals surface area contributed by atoms with Crippen molar-refractivity contribution in [1.82, 2.24) is 9.97 Å². The molecule has 0 saturated carbocycles. The largest absolute Gasteiger partial charge is 0.323 e. The fourth-order valence-electron chi connectivity index (χ4n) is 2.63. The molecule has 0 bridgehead atoms. The van der Waals surface area contributed by atoms with Crippen LogP contribution in [-0.4, -0.2) is 29.5 Å². The Morgan fingerprint density at radius 2 is 2.00 bits per heavy atom. The number of hydrogen-bond donors (Lipinski definition) is 3. The predicted octanol–water partition coefficient (Wildman–Crippen LogP) is 1.88. The molecule has 2 aromatic carbocycles. The van der Waals surface area contributed by atoms with Gasteiger partial charge < -0.3 is 15.2 Å². The molecule has 1 amide bonds. The molecule has 0 aliphatic carbocycles. The highest BCUT2D eigenvalue weighted by molar-refractivity contribution is 6.36. The van der Waals surface area contributed by atoms with Crippen LogP contribution in [0.4, 0.5) is 5.69 Å². The number of carbonyl (C=O) groups excluding carboxylic acids is 1. The summed E-state index contributed by atoms with van der Waals surface area (Å²) in [5.74, 6) is 0.332. The molecule has 0 saturated heterocycles. The lowest BCUT2D eigenvalue weighted by Gasteiger charge is -2.14. The first-order chi connectivity index (χ1) is 12.4. The van der Waals surface area contributed by atoms with E-state index in [1.54, 1.807) is 36.4 Å². The number of halogens is 2. The highest BCUT2D eigenvalue weighted by Gasteiger charge is 2.14. The zero-order valence-electron chi connectivity index (χ0n) is 14.0. The fraction of sp³-hybridized carbons (Fsp3) is 0.167. The van der Waals surface area contributed by atoms with Gasteiger partial charge in [0.15, 0.2) is 12.4 Å². The van der Waals surface area contributed by atoms with Gasteiger partial charge in [0.05, 0.1) is 28.7 Å². The van der Waals surface area contributed by atoms with Crippen molar-refractivity contribution in [1.29, 1.82) is 0 Å². The lowest BCUT2D eigenvalue weighted by atomic mass is 10.2. The molecule has 26 heavy (non-hydrogen) atoms. The van der Waals surface area contributed by atoms with E-state index in [1.807, 2.05) is 13.1 Å². The molecule has 3 N–H and O–H groups in total. The van der Waals surface area contributed by atoms with Crippen molar-refractivity contribution in [2.45, 2.75) is 6.54 Å². The standard InChI is InChI=1S/C18H16Cl2N4O2/c1-24(10-17(25)22-15-7-6-11(19)8-13(15)20)9-16-21-14-5-3-2-4-12(14)18(26)23-16/h2-8H,9-10H2,1H3,(H,22,25)(H,21,23,26)/p+1. The molecule has 1 unspecified atom stereocenters. The minimum atomic E-state index is -0.199. The number of nitrogens with zero attached hydrogens (tertiary/aromatic N) is 1. The van der Waals surface area contributed by atoms with Crippen LogP contribution in [0.15, 0.2) is 47.3 Å². The van der Waals surface area contributed by atoms with E-state index in [9.17, 15) is 9.59 Å². The van der Waals surface area contributed by atoms with Crippen LogP contribution in [0.5, 0.6) is 0 Å². The number of hydrogen-bond acceptors (Lipinski definition) is 3. The third-order valence-corrected chi connectivity index (χ3v) is 4.35. The number of benzene rings is 2. The van der Waals surface area contributed by atoms with Gasteiger partial charge in [0.2, 0.25) is 0 Å². The van der Waals surface area contributed by atoms with Crippen LogP contribution < -0.4 is 15.8 Å². The van der Waals surface area contributed by atoms with Crippen LogP contribution in [0.2, 0.25) is 10.0 Å². The van der Waals surface area contributed by atoms with E-state index in [0.29, 0.717) is 39.0 Å². The average Bonchev–Trinajstić information content (AvgIpc) is 2.57. The van der Waals surface area contributed by atoms with Gasteiger partial charge in [-0.25, -0.2) is 4.98 Å². The fourth-order valence-corrected chi connectivity index (χ4v) is 3.08. The third-order valence-electron chi connectivity index (χ3n) is 3.80. The van der Waals surface area contributed by atoms with E-state index in [1.165, 1.54) is 0 Å². The van der Waals surface area contributed by atoms with Gasteiger partial charge in [-0.2, -0.15) is 0 Å². The molecule has 1 heterocycles. The van der Waals surface area contributed by atoms with Crippen LogP contribution in [0.25, 0.3) is 10.9 Å². The van der Waals surface area contributed by atoms with Crippen molar-refractivity contribution in [2.24, 2.45) is 0 Å². The van der Waals surface area contributed by atoms with Crippen LogP contribution in [0, 0.1) is 0 Å². The molecule has 0 fully saturated rings. The lowest BCUT2D eigenvalue weighted by molar-refractivity contribution is -0.885. The van der Waals surface area contributed by atoms with E-state index >= 15 is 0 Å². The molecular weight excluding hydrogens is 375 g/mol. The van der Waals surface area contributed by atoms with Crippen molar-refractivity contribution < 1.29 is 9.69 Å². The van der Waals surface area contributed by atoms with Crippen LogP contribution in [0.3, 0.4) is 0 Å². The predicted molar refractivity (Wildman–Crippen MR) is 103 cm³/mol. The Morgan fingerprint density at radius 3 is 2.77 bits per heavy atom. The first kappa shape index (κ1) is 18.4. The first-order valence-electron chi connectivity index (χ1n) is 7.96. The van der Waals surface area contributed by atoms with E-state index in [2.05, 4.69) is 15.3 Å². The van der Waals surface area contributed by atoms with Crippen molar-refractivity contribution in [3.8, 4) is 0 Å². The van der Waals surface area contributed by atoms with E-state index < -0.39 is 0 Å². The summed E-state index contributed by atoms with van der Waals surface area (Å²) < 4.78 is 0. The van der Waals surface area contributed by atoms with Gasteiger partial charge in [-0.3, -0.25) is 9.59 Å². The minimum absolute atomic E-state index is 0.184. The summed E-state index contributed by atoms with van der Waals surface area (Å²) >= 11 is 11.9. The summed E-state index contributed by atoms with van der Waals surface area (Å²) in [6.45, 7) is 0.595. The summed E-state index contributed by atoms with van der Waals surface area (Å²) in [6, 6.07) is 12.0. The van der Waals surface area contributed by atoms with Gasteiger partial charge in [-0.1, -0.05) is 35.3 Å². The Balaban J connectivity index is 1.66. The highest BCUT2D eigenvalue weighted by Crippen LogP contribution is 2.25. The number of amides is 1. The molecule has 8 heteroatoms. The number of para-hydroxylation sites is 1. The minimum Gasteiger partial charge on any atom is -0.323 e. The molecule has 134 valence electrons. The smallest absolute Gasteiger partial charge is 0.279 e. The maximum Gasteiger partial charge on any atom is 0.279 e. The Morgan fingerprint density at radius 1 is 1.23 bits per heavy atom. The number of aromatic nitrogens is 2. The number of nitrogens with one attached hydrogen (secondary N) is 3. The highest BCUT2D eigenvalue weighted by atomic mass is 35.5. The lowest BCUT2D eigenvalue weighted by Crippen LogP contribution is -3.08. The quantitative estimate of drug-likeness (QED) is 0.621. The van der Waals surface area contributed by atoms with Gasteiger partial charge in [0.1, 0.15) is 6.54 Å². The van der Waals surface area contributed by atoms with E-state index in [4.69, 9.17) is 23.2 Å². The van der Waals surface area contributed by atoms with Gasteiger partial charge >= 0.3 is 0 Å². The number of H-pyrrole nitrogens is 1. The topological polar surface area (TPSA) is 79.3 Å². The van der Waals surface area contributed by atoms with Gasteiger partial charge in [-0.05, 0) is 30.3 Å². The number of rotatable bonds is 5. The summed E-state index contributed by atoms with van der Waals surface area (Å²) in [4.78, 5) is 32.4. The summed E-state index contributed by atoms with van der Waals surface area (Å²) in [5, 5.41) is 4.18. The second kappa shape index (κ2) is 7.86. The molecule has 1 aromatic heterocycles. The number of aromatic amines is 1. The zero-order valence-corrected chi connectivity index (χ0v) is 15.5. The summed E-state index contributed by atoms with van der Waals surface area (Å²) in [7, 11) is 1.85. The Bertz CT molecular complexity index is 1020. The SMILES string of the molecule is C[NH+](CC(=O)Nc1ccc(Cl)cc1Cl)Cc1nc2ccccc2c(=O)[nH]1. The number of quaternary nitrogens is 1. The Labute approximate surface area is 159 Å². The first-order valence-corrected chi connectivity index (χ1v) is 8.72. The number of anilines is 1. The Kier molecular flexibility index (Phi) is 5.56. The summed E-state index contributed by atoms with van der Waals surface area (Å²) in [6.07, 6.45) is 0. The maximum atomic E-state index is 12.2. The van der Waals surface area contributed by atoms with Crippen LogP contribution >= 0.6 is 23.2 Å². The second-order valence-corrected chi connectivity index (χ2v) is 6.86. The van der Waals surface area contributed by atoms with E-state index in [-0.39, 0.29) is 18.0 Å². The molecular formula is C18H17Cl2N4O2+. The molecule has 6 nitrogen and oxygen atoms in total. The molecule has 0 aliphatic rings. The van der Waals surface area contributed by atoms with Crippen LogP contribution in [0.1, 0.15) is 5.82 Å². The normalized spacial score (nSPS) is 12.1. The number of likely N-dealkylation sites (N-methyl/N-ethyl adjacent to an activating group) is 1. The molecule has 0 radical (unpaired) electrons. The third kappa shape index (κ3) is 4.40. The van der Waals surface area contributed by atoms with E-state index in [0.717, 1.165) is 4.90 Å².